The van der Waals surface area contributed by atoms with Gasteiger partial charge in [0.15, 0.2) is 11.5 Å². The minimum absolute atomic E-state index is 0.124. The molecule has 1 fully saturated rings. The number of benzene rings is 1. The molecule has 0 atom stereocenters. The summed E-state index contributed by atoms with van der Waals surface area (Å²) in [6, 6.07) is 2.63. The lowest BCUT2D eigenvalue weighted by Crippen LogP contribution is -2.22. The number of urea groups is 1. The van der Waals surface area contributed by atoms with E-state index in [1.54, 1.807) is 12.1 Å². The van der Waals surface area contributed by atoms with Gasteiger partial charge < -0.3 is 14.8 Å². The number of hydrogen-bond donors (Lipinski definition) is 2. The van der Waals surface area contributed by atoms with E-state index in [1.165, 1.54) is 20.3 Å². The summed E-state index contributed by atoms with van der Waals surface area (Å²) in [4.78, 5) is 22.4. The van der Waals surface area contributed by atoms with Crippen molar-refractivity contribution in [3.63, 3.8) is 0 Å². The Morgan fingerprint density at radius 3 is 2.26 bits per heavy atom. The van der Waals surface area contributed by atoms with E-state index in [2.05, 4.69) is 10.6 Å². The second kappa shape index (κ2) is 5.19. The van der Waals surface area contributed by atoms with Gasteiger partial charge in [-0.1, -0.05) is 11.6 Å². The standard InChI is InChI=1S/C12H11ClN2O4/c1-18-9-4-6(7(13)5-10(9)19-2)3-8-11(16)15-12(17)14-8/h3-5H,1-2H3,(H2,14,15,16,17). The Bertz CT molecular complexity index is 583. The van der Waals surface area contributed by atoms with E-state index in [0.29, 0.717) is 22.1 Å². The van der Waals surface area contributed by atoms with Gasteiger partial charge in [0, 0.05) is 6.07 Å². The van der Waals surface area contributed by atoms with E-state index < -0.39 is 11.9 Å². The van der Waals surface area contributed by atoms with Crippen LogP contribution in [0, 0.1) is 0 Å². The van der Waals surface area contributed by atoms with Gasteiger partial charge in [0.1, 0.15) is 5.70 Å². The molecule has 0 aromatic heterocycles. The molecule has 1 heterocycles. The van der Waals surface area contributed by atoms with Gasteiger partial charge in [-0.3, -0.25) is 10.1 Å². The molecule has 1 aromatic rings. The van der Waals surface area contributed by atoms with Crippen molar-refractivity contribution in [3.8, 4) is 11.5 Å². The lowest BCUT2D eigenvalue weighted by Gasteiger charge is -2.09. The number of amides is 3. The first-order valence-electron chi connectivity index (χ1n) is 5.30. The van der Waals surface area contributed by atoms with Gasteiger partial charge in [-0.25, -0.2) is 4.79 Å². The molecular weight excluding hydrogens is 272 g/mol. The van der Waals surface area contributed by atoms with Crippen LogP contribution in [0.5, 0.6) is 11.5 Å². The maximum atomic E-state index is 11.4. The van der Waals surface area contributed by atoms with Crippen LogP contribution < -0.4 is 20.1 Å². The Hall–Kier alpha value is -2.21. The van der Waals surface area contributed by atoms with E-state index in [9.17, 15) is 9.59 Å². The highest BCUT2D eigenvalue weighted by atomic mass is 35.5. The molecule has 0 radical (unpaired) electrons. The molecule has 0 aliphatic carbocycles. The first kappa shape index (κ1) is 13.2. The van der Waals surface area contributed by atoms with Gasteiger partial charge in [0.2, 0.25) is 0 Å². The van der Waals surface area contributed by atoms with E-state index in [4.69, 9.17) is 21.1 Å². The molecule has 0 saturated carbocycles. The van der Waals surface area contributed by atoms with Crippen molar-refractivity contribution >= 4 is 29.6 Å². The summed E-state index contributed by atoms with van der Waals surface area (Å²) < 4.78 is 10.2. The average Bonchev–Trinajstić information content (AvgIpc) is 2.69. The number of ether oxygens (including phenoxy) is 2. The second-order valence-corrected chi connectivity index (χ2v) is 4.10. The molecule has 1 aliphatic heterocycles. The minimum atomic E-state index is -0.562. The summed E-state index contributed by atoms with van der Waals surface area (Å²) in [6.07, 6.45) is 1.46. The van der Waals surface area contributed by atoms with E-state index in [-0.39, 0.29) is 5.70 Å². The molecule has 0 bridgehead atoms. The molecule has 2 N–H and O–H groups in total. The average molecular weight is 283 g/mol. The molecule has 19 heavy (non-hydrogen) atoms. The molecule has 1 aromatic carbocycles. The molecule has 1 saturated heterocycles. The number of hydrogen-bond acceptors (Lipinski definition) is 4. The fraction of sp³-hybridized carbons (Fsp3) is 0.167. The third kappa shape index (κ3) is 2.63. The number of halogens is 1. The number of imide groups is 1. The number of nitrogens with one attached hydrogen (secondary N) is 2. The van der Waals surface area contributed by atoms with Crippen molar-refractivity contribution in [1.82, 2.24) is 10.6 Å². The van der Waals surface area contributed by atoms with Crippen LogP contribution in [0.25, 0.3) is 6.08 Å². The quantitative estimate of drug-likeness (QED) is 0.651. The molecule has 0 spiro atoms. The first-order chi connectivity index (χ1) is 9.05. The zero-order valence-electron chi connectivity index (χ0n) is 10.2. The van der Waals surface area contributed by atoms with Crippen molar-refractivity contribution in [2.24, 2.45) is 0 Å². The lowest BCUT2D eigenvalue weighted by molar-refractivity contribution is -0.115. The number of carbonyl (C=O) groups is 2. The van der Waals surface area contributed by atoms with Crippen LogP contribution in [0.15, 0.2) is 17.8 Å². The Kier molecular flexibility index (Phi) is 3.62. The summed E-state index contributed by atoms with van der Waals surface area (Å²) >= 11 is 6.08. The van der Waals surface area contributed by atoms with E-state index in [1.807, 2.05) is 0 Å². The fourth-order valence-electron chi connectivity index (χ4n) is 1.62. The van der Waals surface area contributed by atoms with Crippen LogP contribution >= 0.6 is 11.6 Å². The van der Waals surface area contributed by atoms with Crippen LogP contribution in [-0.2, 0) is 4.79 Å². The highest BCUT2D eigenvalue weighted by molar-refractivity contribution is 6.32. The van der Waals surface area contributed by atoms with Crippen molar-refractivity contribution in [3.05, 3.63) is 28.4 Å². The predicted molar refractivity (Wildman–Crippen MR) is 69.2 cm³/mol. The Labute approximate surface area is 114 Å². The maximum Gasteiger partial charge on any atom is 0.326 e. The fourth-order valence-corrected chi connectivity index (χ4v) is 1.83. The lowest BCUT2D eigenvalue weighted by atomic mass is 10.1. The highest BCUT2D eigenvalue weighted by Crippen LogP contribution is 2.34. The SMILES string of the molecule is COc1cc(Cl)c(C=C2NC(=O)NC2=O)cc1OC. The topological polar surface area (TPSA) is 76.7 Å². The van der Waals surface area contributed by atoms with Gasteiger partial charge in [-0.15, -0.1) is 0 Å². The van der Waals surface area contributed by atoms with E-state index in [0.717, 1.165) is 0 Å². The molecule has 100 valence electrons. The largest absolute Gasteiger partial charge is 0.493 e. The third-order valence-corrected chi connectivity index (χ3v) is 2.85. The summed E-state index contributed by atoms with van der Waals surface area (Å²) in [5, 5.41) is 4.85. The van der Waals surface area contributed by atoms with Crippen LogP contribution in [-0.4, -0.2) is 26.2 Å². The molecule has 0 unspecified atom stereocenters. The number of rotatable bonds is 3. The van der Waals surface area contributed by atoms with Crippen molar-refractivity contribution in [2.45, 2.75) is 0 Å². The minimum Gasteiger partial charge on any atom is -0.493 e. The molecule has 1 aliphatic rings. The van der Waals surface area contributed by atoms with Crippen molar-refractivity contribution in [1.29, 1.82) is 0 Å². The van der Waals surface area contributed by atoms with Gasteiger partial charge in [0.05, 0.1) is 19.2 Å². The Morgan fingerprint density at radius 1 is 1.11 bits per heavy atom. The van der Waals surface area contributed by atoms with Gasteiger partial charge >= 0.3 is 6.03 Å². The predicted octanol–water partition coefficient (Wildman–Crippen LogP) is 1.54. The van der Waals surface area contributed by atoms with Gasteiger partial charge in [-0.05, 0) is 17.7 Å². The Balaban J connectivity index is 2.43. The molecule has 3 amide bonds. The summed E-state index contributed by atoms with van der Waals surface area (Å²) in [6.45, 7) is 0. The van der Waals surface area contributed by atoms with Crippen LogP contribution in [0.4, 0.5) is 4.79 Å². The summed E-state index contributed by atoms with van der Waals surface area (Å²) in [7, 11) is 2.99. The summed E-state index contributed by atoms with van der Waals surface area (Å²) in [5.74, 6) is 0.453. The third-order valence-electron chi connectivity index (χ3n) is 2.52. The number of methoxy groups -OCH3 is 2. The van der Waals surface area contributed by atoms with Crippen molar-refractivity contribution < 1.29 is 19.1 Å². The zero-order valence-corrected chi connectivity index (χ0v) is 11.0. The smallest absolute Gasteiger partial charge is 0.326 e. The number of carbonyl (C=O) groups excluding carboxylic acids is 2. The van der Waals surface area contributed by atoms with Crippen LogP contribution in [0.1, 0.15) is 5.56 Å². The normalized spacial score (nSPS) is 16.3. The van der Waals surface area contributed by atoms with Gasteiger partial charge in [-0.2, -0.15) is 0 Å². The molecule has 6 nitrogen and oxygen atoms in total. The highest BCUT2D eigenvalue weighted by Gasteiger charge is 2.23. The van der Waals surface area contributed by atoms with Gasteiger partial charge in [0.25, 0.3) is 5.91 Å². The monoisotopic (exact) mass is 282 g/mol. The van der Waals surface area contributed by atoms with E-state index >= 15 is 0 Å². The molecular formula is C12H11ClN2O4. The van der Waals surface area contributed by atoms with Crippen LogP contribution in [0.3, 0.4) is 0 Å². The summed E-state index contributed by atoms with van der Waals surface area (Å²) in [5.41, 5.74) is 0.658. The second-order valence-electron chi connectivity index (χ2n) is 3.69. The first-order valence-corrected chi connectivity index (χ1v) is 5.68. The van der Waals surface area contributed by atoms with Crippen molar-refractivity contribution in [2.75, 3.05) is 14.2 Å². The molecule has 7 heteroatoms. The maximum absolute atomic E-state index is 11.4. The molecule has 2 rings (SSSR count). The zero-order chi connectivity index (χ0) is 14.0. The van der Waals surface area contributed by atoms with Crippen LogP contribution in [0.2, 0.25) is 5.02 Å². The Morgan fingerprint density at radius 2 is 1.74 bits per heavy atom.